The highest BCUT2D eigenvalue weighted by Gasteiger charge is 2.28. The molecule has 27 heavy (non-hydrogen) atoms. The molecule has 1 aromatic heterocycles. The standard InChI is InChI=1S/C16H9Cl4N5O2/c17-9-5-7-10(8-6-9)21-16(14(25(26)27)13(18)15(19)20)24-12-4-2-1-3-11(12)22-23-24/h1-8,21H/b16-14+. The van der Waals surface area contributed by atoms with Crippen LogP contribution in [-0.4, -0.2) is 19.9 Å². The van der Waals surface area contributed by atoms with Crippen LogP contribution >= 0.6 is 46.4 Å². The summed E-state index contributed by atoms with van der Waals surface area (Å²) < 4.78 is 0.796. The molecule has 0 unspecified atom stereocenters. The van der Waals surface area contributed by atoms with Gasteiger partial charge in [-0.3, -0.25) is 10.1 Å². The van der Waals surface area contributed by atoms with Crippen molar-refractivity contribution in [1.82, 2.24) is 15.0 Å². The summed E-state index contributed by atoms with van der Waals surface area (Å²) >= 11 is 23.3. The number of halogens is 4. The predicted molar refractivity (Wildman–Crippen MR) is 107 cm³/mol. The smallest absolute Gasteiger partial charge is 0.332 e. The Labute approximate surface area is 172 Å². The second-order valence-electron chi connectivity index (χ2n) is 5.15. The third kappa shape index (κ3) is 4.17. The van der Waals surface area contributed by atoms with Crippen molar-refractivity contribution in [2.45, 2.75) is 0 Å². The van der Waals surface area contributed by atoms with Crippen LogP contribution in [0.5, 0.6) is 0 Å². The number of allylic oxidation sites excluding steroid dienone is 1. The first-order valence-corrected chi connectivity index (χ1v) is 8.83. The van der Waals surface area contributed by atoms with E-state index < -0.39 is 20.1 Å². The van der Waals surface area contributed by atoms with Gasteiger partial charge in [-0.25, -0.2) is 0 Å². The molecule has 0 aliphatic heterocycles. The van der Waals surface area contributed by atoms with E-state index in [0.717, 1.165) is 0 Å². The number of rotatable bonds is 5. The van der Waals surface area contributed by atoms with Crippen molar-refractivity contribution in [3.63, 3.8) is 0 Å². The number of aromatic nitrogens is 3. The molecule has 11 heteroatoms. The van der Waals surface area contributed by atoms with Gasteiger partial charge < -0.3 is 5.32 Å². The van der Waals surface area contributed by atoms with Gasteiger partial charge in [0.15, 0.2) is 5.03 Å². The van der Waals surface area contributed by atoms with E-state index in [1.165, 1.54) is 4.68 Å². The van der Waals surface area contributed by atoms with E-state index in [9.17, 15) is 10.1 Å². The second-order valence-corrected chi connectivity index (χ2v) is 6.91. The lowest BCUT2D eigenvalue weighted by atomic mass is 10.3. The van der Waals surface area contributed by atoms with Gasteiger partial charge in [0.2, 0.25) is 5.82 Å². The molecule has 0 fully saturated rings. The maximum atomic E-state index is 11.8. The van der Waals surface area contributed by atoms with Crippen LogP contribution < -0.4 is 5.32 Å². The first-order valence-electron chi connectivity index (χ1n) is 7.31. The summed E-state index contributed by atoms with van der Waals surface area (Å²) in [5.74, 6) is -0.0835. The summed E-state index contributed by atoms with van der Waals surface area (Å²) in [7, 11) is 0. The lowest BCUT2D eigenvalue weighted by Gasteiger charge is -2.12. The van der Waals surface area contributed by atoms with Gasteiger partial charge in [-0.1, -0.05) is 63.7 Å². The third-order valence-corrected chi connectivity index (χ3v) is 4.64. The molecular formula is C16H9Cl4N5O2. The average molecular weight is 445 g/mol. The van der Waals surface area contributed by atoms with Crippen LogP contribution in [0.3, 0.4) is 0 Å². The lowest BCUT2D eigenvalue weighted by molar-refractivity contribution is -0.419. The fraction of sp³-hybridized carbons (Fsp3) is 0. The Morgan fingerprint density at radius 2 is 1.74 bits per heavy atom. The Hall–Kier alpha value is -2.32. The van der Waals surface area contributed by atoms with Crippen molar-refractivity contribution in [1.29, 1.82) is 0 Å². The maximum absolute atomic E-state index is 11.8. The van der Waals surface area contributed by atoms with Gasteiger partial charge >= 0.3 is 5.70 Å². The van der Waals surface area contributed by atoms with Crippen molar-refractivity contribution in [3.05, 3.63) is 78.9 Å². The molecule has 1 N–H and O–H groups in total. The lowest BCUT2D eigenvalue weighted by Crippen LogP contribution is -2.16. The van der Waals surface area contributed by atoms with E-state index in [1.54, 1.807) is 48.5 Å². The molecule has 0 saturated heterocycles. The molecular weight excluding hydrogens is 436 g/mol. The highest BCUT2D eigenvalue weighted by Crippen LogP contribution is 2.31. The maximum Gasteiger partial charge on any atom is 0.332 e. The molecule has 0 saturated carbocycles. The number of anilines is 1. The second kappa shape index (κ2) is 8.14. The summed E-state index contributed by atoms with van der Waals surface area (Å²) in [5, 5.41) is 22.8. The number of nitrogens with one attached hydrogen (secondary N) is 1. The van der Waals surface area contributed by atoms with Crippen LogP contribution in [0.25, 0.3) is 16.9 Å². The van der Waals surface area contributed by atoms with Gasteiger partial charge in [0.25, 0.3) is 0 Å². The Kier molecular flexibility index (Phi) is 5.86. The molecule has 3 rings (SSSR count). The van der Waals surface area contributed by atoms with Crippen LogP contribution in [-0.2, 0) is 0 Å². The molecule has 0 amide bonds. The highest BCUT2D eigenvalue weighted by atomic mass is 35.5. The quantitative estimate of drug-likeness (QED) is 0.319. The fourth-order valence-electron chi connectivity index (χ4n) is 2.28. The SMILES string of the molecule is O=[N+]([O-])/C(C(Cl)=C(Cl)Cl)=C(\Nc1ccc(Cl)cc1)n1nnc2ccccc21. The van der Waals surface area contributed by atoms with Crippen molar-refractivity contribution in [2.24, 2.45) is 0 Å². The topological polar surface area (TPSA) is 85.9 Å². The van der Waals surface area contributed by atoms with E-state index in [1.807, 2.05) is 0 Å². The minimum absolute atomic E-state index is 0.0835. The van der Waals surface area contributed by atoms with Gasteiger partial charge in [0.1, 0.15) is 10.0 Å². The molecule has 7 nitrogen and oxygen atoms in total. The Morgan fingerprint density at radius 3 is 2.37 bits per heavy atom. The molecule has 138 valence electrons. The first-order chi connectivity index (χ1) is 12.9. The number of benzene rings is 2. The van der Waals surface area contributed by atoms with Gasteiger partial charge in [0.05, 0.1) is 10.4 Å². The molecule has 0 bridgehead atoms. The summed E-state index contributed by atoms with van der Waals surface area (Å²) in [4.78, 5) is 11.0. The predicted octanol–water partition coefficient (Wildman–Crippen LogP) is 5.49. The summed E-state index contributed by atoms with van der Waals surface area (Å²) in [6.07, 6.45) is 0. The number of fused-ring (bicyclic) bond motifs is 1. The molecule has 0 aliphatic rings. The van der Waals surface area contributed by atoms with Crippen molar-refractivity contribution in [2.75, 3.05) is 5.32 Å². The number of nitrogens with zero attached hydrogens (tertiary/aromatic N) is 4. The van der Waals surface area contributed by atoms with Crippen molar-refractivity contribution < 1.29 is 4.92 Å². The molecule has 2 aromatic carbocycles. The van der Waals surface area contributed by atoms with Crippen LogP contribution in [0.4, 0.5) is 5.69 Å². The summed E-state index contributed by atoms with van der Waals surface area (Å²) in [5.41, 5.74) is 0.988. The zero-order chi connectivity index (χ0) is 19.6. The van der Waals surface area contributed by atoms with Gasteiger partial charge in [-0.15, -0.1) is 5.10 Å². The summed E-state index contributed by atoms with van der Waals surface area (Å²) in [6, 6.07) is 13.5. The Bertz CT molecular complexity index is 1070. The van der Waals surface area contributed by atoms with Gasteiger partial charge in [-0.05, 0) is 36.4 Å². The van der Waals surface area contributed by atoms with Crippen LogP contribution in [0, 0.1) is 10.1 Å². The zero-order valence-electron chi connectivity index (χ0n) is 13.2. The average Bonchev–Trinajstić information content (AvgIpc) is 3.06. The molecule has 0 radical (unpaired) electrons. The molecule has 3 aromatic rings. The third-order valence-electron chi connectivity index (χ3n) is 3.45. The fourth-order valence-corrected chi connectivity index (χ4v) is 2.74. The zero-order valence-corrected chi connectivity index (χ0v) is 16.3. The molecule has 0 aliphatic carbocycles. The van der Waals surface area contributed by atoms with Crippen LogP contribution in [0.1, 0.15) is 0 Å². The first kappa shape index (κ1) is 19.4. The van der Waals surface area contributed by atoms with Crippen LogP contribution in [0.2, 0.25) is 5.02 Å². The molecule has 1 heterocycles. The van der Waals surface area contributed by atoms with Crippen molar-refractivity contribution in [3.8, 4) is 0 Å². The molecule has 0 atom stereocenters. The summed E-state index contributed by atoms with van der Waals surface area (Å²) in [6.45, 7) is 0. The number of nitro groups is 1. The van der Waals surface area contributed by atoms with E-state index >= 15 is 0 Å². The minimum Gasteiger partial charge on any atom is -0.334 e. The van der Waals surface area contributed by atoms with E-state index in [-0.39, 0.29) is 5.82 Å². The van der Waals surface area contributed by atoms with E-state index in [0.29, 0.717) is 21.7 Å². The van der Waals surface area contributed by atoms with Crippen LogP contribution in [0.15, 0.2) is 63.8 Å². The van der Waals surface area contributed by atoms with Gasteiger partial charge in [-0.2, -0.15) is 4.68 Å². The number of para-hydroxylation sites is 1. The normalized spacial score (nSPS) is 11.9. The van der Waals surface area contributed by atoms with Gasteiger partial charge in [0, 0.05) is 10.7 Å². The monoisotopic (exact) mass is 443 g/mol. The Morgan fingerprint density at radius 1 is 1.07 bits per heavy atom. The van der Waals surface area contributed by atoms with Crippen molar-refractivity contribution >= 4 is 68.9 Å². The minimum atomic E-state index is -0.707. The molecule has 0 spiro atoms. The highest BCUT2D eigenvalue weighted by molar-refractivity contribution is 6.59. The van der Waals surface area contributed by atoms with E-state index in [4.69, 9.17) is 46.4 Å². The number of hydrogen-bond acceptors (Lipinski definition) is 5. The number of hydrogen-bond donors (Lipinski definition) is 1. The Balaban J connectivity index is 2.28. The van der Waals surface area contributed by atoms with E-state index in [2.05, 4.69) is 15.6 Å². The largest absolute Gasteiger partial charge is 0.334 e.